The van der Waals surface area contributed by atoms with E-state index in [1.807, 2.05) is 0 Å². The van der Waals surface area contributed by atoms with Crippen molar-refractivity contribution in [3.8, 4) is 0 Å². The van der Waals surface area contributed by atoms with Crippen LogP contribution in [0.15, 0.2) is 24.3 Å². The number of carbonyl (C=O) groups excluding carboxylic acids is 2. The molecule has 8 atom stereocenters. The fraction of sp³-hybridized carbons (Fsp3) is 0.760. The first-order valence-electron chi connectivity index (χ1n) is 12.3. The van der Waals surface area contributed by atoms with Crippen molar-refractivity contribution in [1.82, 2.24) is 0 Å². The van der Waals surface area contributed by atoms with Gasteiger partial charge in [-0.3, -0.25) is 9.59 Å². The van der Waals surface area contributed by atoms with Crippen LogP contribution in [0.1, 0.15) is 25.7 Å². The molecule has 0 spiro atoms. The highest BCUT2D eigenvalue weighted by molar-refractivity contribution is 5.74. The van der Waals surface area contributed by atoms with Crippen molar-refractivity contribution in [2.45, 2.75) is 44.0 Å². The Bertz CT molecular complexity index is 703. The lowest BCUT2D eigenvalue weighted by Crippen LogP contribution is -2.31. The van der Waals surface area contributed by atoms with Crippen LogP contribution >= 0.6 is 0 Å². The van der Waals surface area contributed by atoms with E-state index in [0.29, 0.717) is 11.8 Å². The van der Waals surface area contributed by atoms with Gasteiger partial charge in [0.2, 0.25) is 0 Å². The molecule has 9 heteroatoms. The first-order chi connectivity index (χ1) is 16.4. The number of esters is 2. The maximum Gasteiger partial charge on any atom is 0.309 e. The van der Waals surface area contributed by atoms with Gasteiger partial charge in [0.25, 0.3) is 0 Å². The number of aliphatic hydroxyl groups excluding tert-OH is 3. The summed E-state index contributed by atoms with van der Waals surface area (Å²) in [6.45, 7) is -0.621. The molecule has 2 saturated carbocycles. The van der Waals surface area contributed by atoms with Gasteiger partial charge >= 0.3 is 11.9 Å². The maximum atomic E-state index is 12.2. The van der Waals surface area contributed by atoms with Gasteiger partial charge in [0, 0.05) is 0 Å². The van der Waals surface area contributed by atoms with E-state index in [1.165, 1.54) is 0 Å². The van der Waals surface area contributed by atoms with Crippen molar-refractivity contribution >= 4 is 11.9 Å². The highest BCUT2D eigenvalue weighted by Gasteiger charge is 2.41. The van der Waals surface area contributed by atoms with Crippen LogP contribution in [0.2, 0.25) is 0 Å². The lowest BCUT2D eigenvalue weighted by molar-refractivity contribution is -0.154. The number of carbonyl (C=O) groups is 2. The summed E-state index contributed by atoms with van der Waals surface area (Å²) in [6, 6.07) is 0. The van der Waals surface area contributed by atoms with Crippen LogP contribution in [0.4, 0.5) is 0 Å². The molecule has 0 aliphatic heterocycles. The van der Waals surface area contributed by atoms with Crippen molar-refractivity contribution in [2.24, 2.45) is 35.5 Å². The molecule has 2 fully saturated rings. The van der Waals surface area contributed by atoms with Crippen LogP contribution in [0, 0.1) is 35.5 Å². The Balaban J connectivity index is 0.989. The largest absolute Gasteiger partial charge is 0.463 e. The molecule has 0 saturated heterocycles. The van der Waals surface area contributed by atoms with Gasteiger partial charge in [0.05, 0.1) is 38.3 Å². The third-order valence-corrected chi connectivity index (χ3v) is 7.24. The van der Waals surface area contributed by atoms with Gasteiger partial charge in [-0.2, -0.15) is 0 Å². The molecule has 4 aliphatic carbocycles. The summed E-state index contributed by atoms with van der Waals surface area (Å²) in [7, 11) is 0. The van der Waals surface area contributed by atoms with E-state index in [-0.39, 0.29) is 75.3 Å². The number of allylic oxidation sites excluding steroid dienone is 4. The average molecular weight is 481 g/mol. The zero-order chi connectivity index (χ0) is 24.1. The Morgan fingerprint density at radius 1 is 0.618 bits per heavy atom. The molecular formula is C25H36O9. The van der Waals surface area contributed by atoms with E-state index in [4.69, 9.17) is 18.9 Å². The van der Waals surface area contributed by atoms with Crippen molar-refractivity contribution in [3.63, 3.8) is 0 Å². The Kier molecular flexibility index (Phi) is 8.76. The second-order valence-electron chi connectivity index (χ2n) is 10.1. The SMILES string of the molecule is O=C(OCC(O)COCC(O)COCC(O)COC(=O)C1CC2C=CC1C2)C1CC2C=CC1C2. The molecule has 0 heterocycles. The van der Waals surface area contributed by atoms with Gasteiger partial charge in [0.1, 0.15) is 31.5 Å². The molecule has 4 aliphatic rings. The van der Waals surface area contributed by atoms with Crippen LogP contribution in [0.25, 0.3) is 0 Å². The quantitative estimate of drug-likeness (QED) is 0.242. The number of rotatable bonds is 14. The normalized spacial score (nSPS) is 33.3. The molecule has 0 aromatic rings. The predicted molar refractivity (Wildman–Crippen MR) is 119 cm³/mol. The summed E-state index contributed by atoms with van der Waals surface area (Å²) in [5, 5.41) is 29.8. The van der Waals surface area contributed by atoms with E-state index >= 15 is 0 Å². The topological polar surface area (TPSA) is 132 Å². The van der Waals surface area contributed by atoms with Crippen LogP contribution in [-0.4, -0.2) is 85.2 Å². The fourth-order valence-electron chi connectivity index (χ4n) is 5.50. The molecule has 3 N–H and O–H groups in total. The zero-order valence-corrected chi connectivity index (χ0v) is 19.4. The molecule has 34 heavy (non-hydrogen) atoms. The lowest BCUT2D eigenvalue weighted by Gasteiger charge is -2.19. The monoisotopic (exact) mass is 480 g/mol. The van der Waals surface area contributed by atoms with Crippen molar-refractivity contribution in [1.29, 1.82) is 0 Å². The molecule has 0 radical (unpaired) electrons. The minimum atomic E-state index is -0.978. The first kappa shape index (κ1) is 25.3. The summed E-state index contributed by atoms with van der Waals surface area (Å²) in [5.41, 5.74) is 0. The van der Waals surface area contributed by atoms with Gasteiger partial charge in [-0.1, -0.05) is 24.3 Å². The van der Waals surface area contributed by atoms with Gasteiger partial charge < -0.3 is 34.3 Å². The standard InChI is InChI=1S/C25H36O9/c26-19(9-31-11-20(27)13-33-24(29)22-7-15-1-3-17(22)5-15)10-32-12-21(28)14-34-25(30)23-8-16-2-4-18(23)6-16/h1-4,15-23,26-28H,5-14H2. The summed E-state index contributed by atoms with van der Waals surface area (Å²) >= 11 is 0. The number of ether oxygens (including phenoxy) is 4. The average Bonchev–Trinajstić information content (AvgIpc) is 3.63. The summed E-state index contributed by atoms with van der Waals surface area (Å²) in [6.07, 6.45) is 9.19. The number of aliphatic hydroxyl groups is 3. The van der Waals surface area contributed by atoms with E-state index in [0.717, 1.165) is 25.7 Å². The molecule has 9 nitrogen and oxygen atoms in total. The predicted octanol–water partition coefficient (Wildman–Crippen LogP) is 0.613. The van der Waals surface area contributed by atoms with Gasteiger partial charge in [-0.25, -0.2) is 0 Å². The second kappa shape index (κ2) is 11.8. The maximum absolute atomic E-state index is 12.2. The highest BCUT2D eigenvalue weighted by Crippen LogP contribution is 2.44. The Labute approximate surface area is 199 Å². The van der Waals surface area contributed by atoms with Crippen molar-refractivity contribution in [2.75, 3.05) is 39.6 Å². The van der Waals surface area contributed by atoms with E-state index in [2.05, 4.69) is 24.3 Å². The van der Waals surface area contributed by atoms with Crippen LogP contribution in [0.3, 0.4) is 0 Å². The van der Waals surface area contributed by atoms with Gasteiger partial charge in [0.15, 0.2) is 0 Å². The van der Waals surface area contributed by atoms with E-state index < -0.39 is 18.3 Å². The molecule has 0 aromatic heterocycles. The van der Waals surface area contributed by atoms with Crippen molar-refractivity contribution in [3.05, 3.63) is 24.3 Å². The molecule has 8 unspecified atom stereocenters. The fourth-order valence-corrected chi connectivity index (χ4v) is 5.50. The number of hydrogen-bond acceptors (Lipinski definition) is 9. The third-order valence-electron chi connectivity index (χ3n) is 7.24. The minimum Gasteiger partial charge on any atom is -0.463 e. The Morgan fingerprint density at radius 3 is 1.32 bits per heavy atom. The zero-order valence-electron chi connectivity index (χ0n) is 19.4. The van der Waals surface area contributed by atoms with Gasteiger partial charge in [-0.15, -0.1) is 0 Å². The van der Waals surface area contributed by atoms with Crippen LogP contribution in [0.5, 0.6) is 0 Å². The van der Waals surface area contributed by atoms with E-state index in [9.17, 15) is 24.9 Å². The Hall–Kier alpha value is -1.78. The second-order valence-corrected chi connectivity index (χ2v) is 10.1. The summed E-state index contributed by atoms with van der Waals surface area (Å²) < 4.78 is 21.0. The first-order valence-corrected chi connectivity index (χ1v) is 12.3. The van der Waals surface area contributed by atoms with Gasteiger partial charge in [-0.05, 0) is 49.4 Å². The van der Waals surface area contributed by atoms with Crippen LogP contribution in [-0.2, 0) is 28.5 Å². The lowest BCUT2D eigenvalue weighted by atomic mass is 9.94. The molecule has 190 valence electrons. The summed E-state index contributed by atoms with van der Waals surface area (Å²) in [5.74, 6) is 0.673. The molecule has 4 bridgehead atoms. The number of hydrogen-bond donors (Lipinski definition) is 3. The van der Waals surface area contributed by atoms with E-state index in [1.54, 1.807) is 0 Å². The highest BCUT2D eigenvalue weighted by atomic mass is 16.6. The van der Waals surface area contributed by atoms with Crippen LogP contribution < -0.4 is 0 Å². The third kappa shape index (κ3) is 6.66. The molecule has 0 aromatic carbocycles. The molecular weight excluding hydrogens is 444 g/mol. The number of fused-ring (bicyclic) bond motifs is 4. The smallest absolute Gasteiger partial charge is 0.309 e. The minimum absolute atomic E-state index is 0.0784. The Morgan fingerprint density at radius 2 is 1.00 bits per heavy atom. The van der Waals surface area contributed by atoms with Crippen molar-refractivity contribution < 1.29 is 43.9 Å². The molecule has 0 amide bonds. The summed E-state index contributed by atoms with van der Waals surface area (Å²) in [4.78, 5) is 24.3. The molecule has 4 rings (SSSR count).